The van der Waals surface area contributed by atoms with E-state index in [1.54, 1.807) is 42.0 Å². The average molecular weight is 808 g/mol. The lowest BCUT2D eigenvalue weighted by molar-refractivity contribution is 0.0689. The molecule has 0 unspecified atom stereocenters. The largest absolute Gasteiger partial charge is 0.496 e. The molecule has 1 amide bonds. The molecule has 1 heterocycles. The number of aromatic nitrogens is 2. The molecule has 6 aromatic rings. The molecule has 0 saturated heterocycles. The highest BCUT2D eigenvalue weighted by molar-refractivity contribution is 5.95. The molecule has 10 heteroatoms. The molecule has 60 heavy (non-hydrogen) atoms. The lowest BCUT2D eigenvalue weighted by Crippen LogP contribution is -2.46. The molecule has 1 N–H and O–H groups in total. The molecule has 0 fully saturated rings. The molecule has 0 aliphatic rings. The first-order valence-corrected chi connectivity index (χ1v) is 20.5. The summed E-state index contributed by atoms with van der Waals surface area (Å²) in [6.45, 7) is 7.31. The van der Waals surface area contributed by atoms with Crippen molar-refractivity contribution in [1.29, 1.82) is 0 Å². The fraction of sp³-hybridized carbons (Fsp3) is 0.300. The third-order valence-corrected chi connectivity index (χ3v) is 11.3. The minimum Gasteiger partial charge on any atom is -0.496 e. The molecule has 10 nitrogen and oxygen atoms in total. The summed E-state index contributed by atoms with van der Waals surface area (Å²) in [6.07, 6.45) is 1.79. The fourth-order valence-electron chi connectivity index (χ4n) is 8.25. The van der Waals surface area contributed by atoms with E-state index in [9.17, 15) is 14.7 Å². The van der Waals surface area contributed by atoms with Crippen LogP contribution in [-0.2, 0) is 5.54 Å². The molecule has 0 atom stereocenters. The maximum absolute atomic E-state index is 13.9. The van der Waals surface area contributed by atoms with Crippen LogP contribution in [0.3, 0.4) is 0 Å². The van der Waals surface area contributed by atoms with Gasteiger partial charge in [-0.25, -0.2) is 9.48 Å². The van der Waals surface area contributed by atoms with Crippen molar-refractivity contribution in [3.8, 4) is 28.4 Å². The second-order valence-electron chi connectivity index (χ2n) is 15.6. The smallest absolute Gasteiger partial charge is 0.356 e. The summed E-state index contributed by atoms with van der Waals surface area (Å²) in [5, 5.41) is 14.5. The molecule has 0 aliphatic heterocycles. The van der Waals surface area contributed by atoms with Crippen molar-refractivity contribution in [3.05, 3.63) is 167 Å². The number of methoxy groups -OCH3 is 2. The van der Waals surface area contributed by atoms with Crippen molar-refractivity contribution in [1.82, 2.24) is 24.5 Å². The SMILES string of the molecule is COc1cccc(OC)c1-c1cc(C(=O)O)nn1-c1ccc(C(=O)N(C)CCCN(C)CCCN(C)C(c2ccccc2)(c2ccccc2)c2ccccc2)cc1C(C)C. The van der Waals surface area contributed by atoms with Gasteiger partial charge in [-0.2, -0.15) is 5.10 Å². The Balaban J connectivity index is 1.12. The quantitative estimate of drug-likeness (QED) is 0.0810. The van der Waals surface area contributed by atoms with E-state index >= 15 is 0 Å². The van der Waals surface area contributed by atoms with Crippen LogP contribution in [0.1, 0.15) is 75.7 Å². The molecule has 312 valence electrons. The van der Waals surface area contributed by atoms with Crippen LogP contribution < -0.4 is 9.47 Å². The van der Waals surface area contributed by atoms with Crippen LogP contribution in [0.4, 0.5) is 0 Å². The van der Waals surface area contributed by atoms with Gasteiger partial charge >= 0.3 is 5.97 Å². The predicted octanol–water partition coefficient (Wildman–Crippen LogP) is 9.09. The van der Waals surface area contributed by atoms with Crippen molar-refractivity contribution in [2.75, 3.05) is 61.5 Å². The zero-order valence-electron chi connectivity index (χ0n) is 35.8. The van der Waals surface area contributed by atoms with Gasteiger partial charge in [0.1, 0.15) is 11.5 Å². The van der Waals surface area contributed by atoms with Crippen LogP contribution in [0.2, 0.25) is 0 Å². The second kappa shape index (κ2) is 19.7. The van der Waals surface area contributed by atoms with E-state index in [4.69, 9.17) is 9.47 Å². The van der Waals surface area contributed by atoms with Crippen LogP contribution in [0.25, 0.3) is 16.9 Å². The molecular weight excluding hydrogens is 751 g/mol. The number of carboxylic acids is 1. The van der Waals surface area contributed by atoms with Gasteiger partial charge in [-0.1, -0.05) is 111 Å². The first kappa shape index (κ1) is 43.4. The van der Waals surface area contributed by atoms with Gasteiger partial charge in [0, 0.05) is 25.7 Å². The zero-order chi connectivity index (χ0) is 42.8. The maximum atomic E-state index is 13.9. The van der Waals surface area contributed by atoms with Gasteiger partial charge in [0.05, 0.1) is 36.7 Å². The van der Waals surface area contributed by atoms with Gasteiger partial charge in [0.15, 0.2) is 5.69 Å². The Hall–Kier alpha value is -6.23. The van der Waals surface area contributed by atoms with E-state index in [0.29, 0.717) is 40.6 Å². The highest BCUT2D eigenvalue weighted by Crippen LogP contribution is 2.42. The minimum atomic E-state index is -1.16. The monoisotopic (exact) mass is 807 g/mol. The first-order valence-electron chi connectivity index (χ1n) is 20.5. The second-order valence-corrected chi connectivity index (χ2v) is 15.6. The molecule has 0 saturated carbocycles. The lowest BCUT2D eigenvalue weighted by atomic mass is 9.75. The Bertz CT molecular complexity index is 2230. The minimum absolute atomic E-state index is 0.00567. The van der Waals surface area contributed by atoms with Crippen molar-refractivity contribution < 1.29 is 24.2 Å². The summed E-state index contributed by atoms with van der Waals surface area (Å²) in [5.41, 5.74) is 6.27. The van der Waals surface area contributed by atoms with Gasteiger partial charge in [-0.05, 0) is 105 Å². The topological polar surface area (TPSA) is 100 Å². The zero-order valence-corrected chi connectivity index (χ0v) is 35.8. The number of nitrogens with zero attached hydrogens (tertiary/aromatic N) is 5. The number of hydrogen-bond donors (Lipinski definition) is 1. The number of carbonyl (C=O) groups excluding carboxylic acids is 1. The van der Waals surface area contributed by atoms with Crippen molar-refractivity contribution in [3.63, 3.8) is 0 Å². The molecule has 0 aliphatic carbocycles. The van der Waals surface area contributed by atoms with Gasteiger partial charge in [0.25, 0.3) is 5.91 Å². The van der Waals surface area contributed by atoms with Crippen LogP contribution in [0.5, 0.6) is 11.5 Å². The van der Waals surface area contributed by atoms with E-state index in [0.717, 1.165) is 38.0 Å². The predicted molar refractivity (Wildman–Crippen MR) is 239 cm³/mol. The highest BCUT2D eigenvalue weighted by atomic mass is 16.5. The summed E-state index contributed by atoms with van der Waals surface area (Å²) >= 11 is 0. The number of carbonyl (C=O) groups is 2. The summed E-state index contributed by atoms with van der Waals surface area (Å²) in [4.78, 5) is 32.6. The molecule has 0 spiro atoms. The Kier molecular flexibility index (Phi) is 14.2. The standard InChI is InChI=1S/C50H57N5O5/c1-36(2)41-34-37(28-29-43(41)55-44(35-42(51-55)49(57)58)47-45(59-6)26-17-27-46(47)60-7)48(56)53(4)32-18-30-52(3)31-19-33-54(5)50(38-20-11-8-12-21-38,39-22-13-9-14-23-39)40-24-15-10-16-25-40/h8-17,20-29,34-36H,18-19,30-33H2,1-7H3,(H,57,58). The molecular formula is C50H57N5O5. The maximum Gasteiger partial charge on any atom is 0.356 e. The van der Waals surface area contributed by atoms with E-state index in [1.165, 1.54) is 22.8 Å². The van der Waals surface area contributed by atoms with E-state index < -0.39 is 11.5 Å². The number of ether oxygens (including phenoxy) is 2. The summed E-state index contributed by atoms with van der Waals surface area (Å²) in [6, 6.07) is 44.7. The van der Waals surface area contributed by atoms with E-state index in [-0.39, 0.29) is 17.5 Å². The summed E-state index contributed by atoms with van der Waals surface area (Å²) in [7, 11) is 9.33. The summed E-state index contributed by atoms with van der Waals surface area (Å²) in [5.74, 6) is -0.209. The normalized spacial score (nSPS) is 11.6. The van der Waals surface area contributed by atoms with Crippen LogP contribution in [-0.4, -0.2) is 103 Å². The Morgan fingerprint density at radius 1 is 0.683 bits per heavy atom. The first-order chi connectivity index (χ1) is 29.0. The van der Waals surface area contributed by atoms with Crippen molar-refractivity contribution in [2.24, 2.45) is 0 Å². The van der Waals surface area contributed by atoms with Crippen LogP contribution in [0, 0.1) is 0 Å². The molecule has 5 aromatic carbocycles. The average Bonchev–Trinajstić information content (AvgIpc) is 3.72. The molecule has 0 bridgehead atoms. The van der Waals surface area contributed by atoms with Gasteiger partial charge in [-0.3, -0.25) is 9.69 Å². The highest BCUT2D eigenvalue weighted by Gasteiger charge is 2.40. The summed E-state index contributed by atoms with van der Waals surface area (Å²) < 4.78 is 12.9. The fourth-order valence-corrected chi connectivity index (χ4v) is 8.25. The molecule has 6 rings (SSSR count). The third-order valence-electron chi connectivity index (χ3n) is 11.3. The number of amides is 1. The van der Waals surface area contributed by atoms with E-state index in [1.807, 2.05) is 39.1 Å². The Morgan fingerprint density at radius 3 is 1.68 bits per heavy atom. The number of aromatic carboxylic acids is 1. The van der Waals surface area contributed by atoms with E-state index in [2.05, 4.69) is 120 Å². The number of carboxylic acid groups (broad SMARTS) is 1. The molecule has 1 aromatic heterocycles. The lowest BCUT2D eigenvalue weighted by Gasteiger charge is -2.44. The third kappa shape index (κ3) is 9.15. The van der Waals surface area contributed by atoms with Gasteiger partial charge in [0.2, 0.25) is 0 Å². The van der Waals surface area contributed by atoms with Crippen LogP contribution >= 0.6 is 0 Å². The Labute approximate surface area is 354 Å². The van der Waals surface area contributed by atoms with Gasteiger partial charge in [-0.15, -0.1) is 0 Å². The number of hydrogen-bond acceptors (Lipinski definition) is 7. The molecule has 0 radical (unpaired) electrons. The number of benzene rings is 5. The number of rotatable bonds is 19. The van der Waals surface area contributed by atoms with Crippen LogP contribution in [0.15, 0.2) is 133 Å². The van der Waals surface area contributed by atoms with Gasteiger partial charge < -0.3 is 24.4 Å². The van der Waals surface area contributed by atoms with Crippen molar-refractivity contribution >= 4 is 11.9 Å². The van der Waals surface area contributed by atoms with Crippen molar-refractivity contribution in [2.45, 2.75) is 38.1 Å². The Morgan fingerprint density at radius 2 is 1.20 bits per heavy atom.